The number of alkyl halides is 3. The van der Waals surface area contributed by atoms with Crippen LogP contribution in [-0.4, -0.2) is 37.7 Å². The van der Waals surface area contributed by atoms with Crippen molar-refractivity contribution in [2.75, 3.05) is 26.7 Å². The van der Waals surface area contributed by atoms with Crippen molar-refractivity contribution in [3.8, 4) is 5.75 Å². The first-order valence-corrected chi connectivity index (χ1v) is 9.47. The molecule has 27 heavy (non-hydrogen) atoms. The normalized spacial score (nSPS) is 12.1. The molecule has 2 rings (SSSR count). The van der Waals surface area contributed by atoms with Gasteiger partial charge in [0, 0.05) is 31.4 Å². The Morgan fingerprint density at radius 2 is 1.93 bits per heavy atom. The molecule has 2 aromatic rings. The van der Waals surface area contributed by atoms with Crippen LogP contribution in [0.25, 0.3) is 0 Å². The number of aromatic nitrogens is 1. The molecule has 0 aliphatic rings. The molecule has 1 aromatic carbocycles. The summed E-state index contributed by atoms with van der Waals surface area (Å²) in [6, 6.07) is 7.84. The Hall–Kier alpha value is -2.29. The van der Waals surface area contributed by atoms with Gasteiger partial charge in [-0.3, -0.25) is 4.99 Å². The van der Waals surface area contributed by atoms with Crippen molar-refractivity contribution in [3.05, 3.63) is 45.9 Å². The number of benzene rings is 1. The van der Waals surface area contributed by atoms with E-state index in [-0.39, 0.29) is 0 Å². The lowest BCUT2D eigenvalue weighted by Gasteiger charge is -2.11. The van der Waals surface area contributed by atoms with Gasteiger partial charge in [-0.15, -0.1) is 11.3 Å². The van der Waals surface area contributed by atoms with E-state index in [1.54, 1.807) is 7.11 Å². The van der Waals surface area contributed by atoms with Crippen LogP contribution in [0.3, 0.4) is 0 Å². The van der Waals surface area contributed by atoms with Crippen molar-refractivity contribution < 1.29 is 17.9 Å². The number of nitrogens with zero attached hydrogens (tertiary/aromatic N) is 2. The van der Waals surface area contributed by atoms with E-state index >= 15 is 0 Å². The van der Waals surface area contributed by atoms with E-state index in [4.69, 9.17) is 4.74 Å². The van der Waals surface area contributed by atoms with Gasteiger partial charge < -0.3 is 15.4 Å². The number of methoxy groups -OCH3 is 1. The molecule has 0 radical (unpaired) electrons. The van der Waals surface area contributed by atoms with Crippen LogP contribution in [0.4, 0.5) is 13.2 Å². The zero-order chi connectivity index (χ0) is 19.7. The molecule has 0 spiro atoms. The Morgan fingerprint density at radius 1 is 1.19 bits per heavy atom. The van der Waals surface area contributed by atoms with Gasteiger partial charge in [0.25, 0.3) is 0 Å². The molecule has 0 saturated heterocycles. The van der Waals surface area contributed by atoms with Crippen LogP contribution in [0.15, 0.2) is 34.6 Å². The van der Waals surface area contributed by atoms with Gasteiger partial charge in [-0.2, -0.15) is 13.2 Å². The van der Waals surface area contributed by atoms with Gasteiger partial charge in [-0.1, -0.05) is 12.1 Å². The van der Waals surface area contributed by atoms with E-state index in [2.05, 4.69) is 20.6 Å². The first-order chi connectivity index (χ1) is 12.9. The molecule has 0 atom stereocenters. The lowest BCUT2D eigenvalue weighted by molar-refractivity contribution is -0.140. The smallest absolute Gasteiger partial charge is 0.434 e. The van der Waals surface area contributed by atoms with Crippen molar-refractivity contribution in [2.45, 2.75) is 25.9 Å². The monoisotopic (exact) mass is 400 g/mol. The van der Waals surface area contributed by atoms with Crippen LogP contribution in [0.5, 0.6) is 5.75 Å². The molecule has 1 heterocycles. The molecule has 148 valence electrons. The zero-order valence-corrected chi connectivity index (χ0v) is 16.1. The maximum atomic E-state index is 12.6. The van der Waals surface area contributed by atoms with Gasteiger partial charge in [0.1, 0.15) is 5.75 Å². The summed E-state index contributed by atoms with van der Waals surface area (Å²) in [6.45, 7) is 3.71. The minimum atomic E-state index is -4.39. The third-order valence-electron chi connectivity index (χ3n) is 3.65. The van der Waals surface area contributed by atoms with Gasteiger partial charge in [-0.05, 0) is 31.0 Å². The molecule has 0 aliphatic heterocycles. The Morgan fingerprint density at radius 3 is 2.52 bits per heavy atom. The maximum Gasteiger partial charge on any atom is 0.434 e. The largest absolute Gasteiger partial charge is 0.497 e. The molecular formula is C18H23F3N4OS. The molecule has 0 bridgehead atoms. The maximum absolute atomic E-state index is 12.6. The van der Waals surface area contributed by atoms with Crippen LogP contribution < -0.4 is 15.4 Å². The van der Waals surface area contributed by atoms with Crippen molar-refractivity contribution in [2.24, 2.45) is 4.99 Å². The van der Waals surface area contributed by atoms with Crippen molar-refractivity contribution >= 4 is 17.3 Å². The number of hydrogen-bond donors (Lipinski definition) is 2. The summed E-state index contributed by atoms with van der Waals surface area (Å²) in [7, 11) is 1.63. The highest BCUT2D eigenvalue weighted by Gasteiger charge is 2.33. The molecule has 0 saturated carbocycles. The standard InChI is InChI=1S/C18H23F3N4OS/c1-3-22-17(23-10-8-13-4-6-14(26-2)7-5-13)24-11-9-16-25-15(12-27-16)18(19,20)21/h4-7,12H,3,8-11H2,1-2H3,(H2,22,23,24). The molecule has 0 amide bonds. The van der Waals surface area contributed by atoms with Gasteiger partial charge in [0.05, 0.1) is 12.1 Å². The van der Waals surface area contributed by atoms with Crippen molar-refractivity contribution in [1.82, 2.24) is 15.6 Å². The molecule has 9 heteroatoms. The predicted molar refractivity (Wildman–Crippen MR) is 101 cm³/mol. The minimum Gasteiger partial charge on any atom is -0.497 e. The molecular weight excluding hydrogens is 377 g/mol. The van der Waals surface area contributed by atoms with Crippen LogP contribution in [0, 0.1) is 0 Å². The number of halogens is 3. The summed E-state index contributed by atoms with van der Waals surface area (Å²) in [5.74, 6) is 1.45. The average Bonchev–Trinajstić information content (AvgIpc) is 3.12. The fraction of sp³-hybridized carbons (Fsp3) is 0.444. The molecule has 0 aliphatic carbocycles. The second-order valence-electron chi connectivity index (χ2n) is 5.66. The van der Waals surface area contributed by atoms with Crippen molar-refractivity contribution in [1.29, 1.82) is 0 Å². The van der Waals surface area contributed by atoms with Gasteiger partial charge >= 0.3 is 6.18 Å². The number of hydrogen-bond acceptors (Lipinski definition) is 4. The molecule has 1 aromatic heterocycles. The first kappa shape index (κ1) is 21.0. The highest BCUT2D eigenvalue weighted by molar-refractivity contribution is 7.09. The van der Waals surface area contributed by atoms with E-state index in [1.807, 2.05) is 31.2 Å². The number of thiazole rings is 1. The predicted octanol–water partition coefficient (Wildman–Crippen LogP) is 3.51. The quantitative estimate of drug-likeness (QED) is 0.526. The second-order valence-corrected chi connectivity index (χ2v) is 6.60. The number of nitrogens with one attached hydrogen (secondary N) is 2. The van der Waals surface area contributed by atoms with E-state index in [1.165, 1.54) is 5.56 Å². The summed E-state index contributed by atoms with van der Waals surface area (Å²) in [4.78, 5) is 8.01. The topological polar surface area (TPSA) is 58.5 Å². The summed E-state index contributed by atoms with van der Waals surface area (Å²) >= 11 is 1.01. The van der Waals surface area contributed by atoms with Crippen LogP contribution in [0.1, 0.15) is 23.2 Å². The van der Waals surface area contributed by atoms with Crippen LogP contribution in [-0.2, 0) is 19.0 Å². The number of aliphatic imine (C=N–C) groups is 1. The average molecular weight is 400 g/mol. The van der Waals surface area contributed by atoms with E-state index in [0.29, 0.717) is 37.0 Å². The zero-order valence-electron chi connectivity index (χ0n) is 15.3. The van der Waals surface area contributed by atoms with Gasteiger partial charge in [0.2, 0.25) is 0 Å². The van der Waals surface area contributed by atoms with Crippen molar-refractivity contribution in [3.63, 3.8) is 0 Å². The SMILES string of the molecule is CCNC(=NCCc1nc(C(F)(F)F)cs1)NCCc1ccc(OC)cc1. The summed E-state index contributed by atoms with van der Waals surface area (Å²) in [5.41, 5.74) is 0.331. The van der Waals surface area contributed by atoms with Gasteiger partial charge in [0.15, 0.2) is 11.7 Å². The molecule has 0 unspecified atom stereocenters. The van der Waals surface area contributed by atoms with Crippen LogP contribution >= 0.6 is 11.3 Å². The Balaban J connectivity index is 1.81. The van der Waals surface area contributed by atoms with E-state index < -0.39 is 11.9 Å². The molecule has 5 nitrogen and oxygen atoms in total. The van der Waals surface area contributed by atoms with Gasteiger partial charge in [-0.25, -0.2) is 4.98 Å². The number of ether oxygens (including phenoxy) is 1. The second kappa shape index (κ2) is 10.1. The number of rotatable bonds is 8. The summed E-state index contributed by atoms with van der Waals surface area (Å²) in [5, 5.41) is 7.82. The fourth-order valence-corrected chi connectivity index (χ4v) is 3.07. The van der Waals surface area contributed by atoms with E-state index in [9.17, 15) is 13.2 Å². The molecule has 0 fully saturated rings. The highest BCUT2D eigenvalue weighted by atomic mass is 32.1. The Kier molecular flexibility index (Phi) is 7.90. The Bertz CT molecular complexity index is 729. The summed E-state index contributed by atoms with van der Waals surface area (Å²) < 4.78 is 42.8. The fourth-order valence-electron chi connectivity index (χ4n) is 2.28. The first-order valence-electron chi connectivity index (χ1n) is 8.59. The lowest BCUT2D eigenvalue weighted by Crippen LogP contribution is -2.38. The Labute approximate surface area is 160 Å². The third kappa shape index (κ3) is 7.09. The highest BCUT2D eigenvalue weighted by Crippen LogP contribution is 2.30. The third-order valence-corrected chi connectivity index (χ3v) is 4.56. The lowest BCUT2D eigenvalue weighted by atomic mass is 10.1. The number of guanidine groups is 1. The van der Waals surface area contributed by atoms with Crippen LogP contribution in [0.2, 0.25) is 0 Å². The molecule has 2 N–H and O–H groups in total. The minimum absolute atomic E-state index is 0.364. The summed E-state index contributed by atoms with van der Waals surface area (Å²) in [6.07, 6.45) is -3.21. The van der Waals surface area contributed by atoms with E-state index in [0.717, 1.165) is 28.9 Å².